The Morgan fingerprint density at radius 3 is 3.00 bits per heavy atom. The van der Waals surface area contributed by atoms with Gasteiger partial charge in [-0.2, -0.15) is 0 Å². The van der Waals surface area contributed by atoms with Crippen molar-refractivity contribution in [2.24, 2.45) is 0 Å². The highest BCUT2D eigenvalue weighted by Gasteiger charge is 2.29. The van der Waals surface area contributed by atoms with Crippen molar-refractivity contribution in [3.05, 3.63) is 0 Å². The lowest BCUT2D eigenvalue weighted by molar-refractivity contribution is -0.136. The second kappa shape index (κ2) is 4.18. The topological polar surface area (TPSA) is 80.9 Å². The first-order valence-corrected chi connectivity index (χ1v) is 5.77. The highest BCUT2D eigenvalue weighted by molar-refractivity contribution is 8.00. The first-order chi connectivity index (χ1) is 7.22. The predicted molar refractivity (Wildman–Crippen MR) is 53.7 cm³/mol. The smallest absolute Gasteiger partial charge is 0.317 e. The molecule has 1 N–H and O–H groups in total. The maximum Gasteiger partial charge on any atom is 0.317 e. The van der Waals surface area contributed by atoms with Crippen LogP contribution in [0.3, 0.4) is 0 Å². The van der Waals surface area contributed by atoms with E-state index in [2.05, 4.69) is 15.5 Å². The molecule has 2 rings (SSSR count). The van der Waals surface area contributed by atoms with Gasteiger partial charge in [-0.15, -0.1) is 5.10 Å². The fraction of sp³-hybridized carbons (Fsp3) is 0.750. The summed E-state index contributed by atoms with van der Waals surface area (Å²) in [7, 11) is 0. The molecule has 0 bridgehead atoms. The Balaban J connectivity index is 2.08. The van der Waals surface area contributed by atoms with Gasteiger partial charge in [0.2, 0.25) is 5.16 Å². The molecule has 0 aromatic carbocycles. The van der Waals surface area contributed by atoms with Crippen LogP contribution >= 0.6 is 11.8 Å². The minimum absolute atomic E-state index is 0.383. The van der Waals surface area contributed by atoms with E-state index in [4.69, 9.17) is 5.11 Å². The molecule has 0 amide bonds. The summed E-state index contributed by atoms with van der Waals surface area (Å²) >= 11 is 1.23. The van der Waals surface area contributed by atoms with E-state index in [0.29, 0.717) is 17.6 Å². The van der Waals surface area contributed by atoms with Crippen molar-refractivity contribution in [1.29, 1.82) is 0 Å². The number of aromatic nitrogens is 4. The van der Waals surface area contributed by atoms with E-state index in [-0.39, 0.29) is 0 Å². The van der Waals surface area contributed by atoms with E-state index in [1.54, 1.807) is 4.68 Å². The number of hydrogen-bond acceptors (Lipinski definition) is 5. The van der Waals surface area contributed by atoms with E-state index >= 15 is 0 Å². The third-order valence-electron chi connectivity index (χ3n) is 2.25. The number of rotatable bonds is 5. The molecular weight excluding hydrogens is 216 g/mol. The summed E-state index contributed by atoms with van der Waals surface area (Å²) in [6.45, 7) is 1.84. The number of thioether (sulfide) groups is 1. The zero-order valence-electron chi connectivity index (χ0n) is 8.33. The van der Waals surface area contributed by atoms with E-state index < -0.39 is 11.2 Å². The van der Waals surface area contributed by atoms with Crippen LogP contribution in [0.25, 0.3) is 0 Å². The maximum atomic E-state index is 10.9. The number of carboxylic acids is 1. The van der Waals surface area contributed by atoms with Crippen molar-refractivity contribution in [2.75, 3.05) is 0 Å². The van der Waals surface area contributed by atoms with Crippen LogP contribution in [-0.2, 0) is 4.79 Å². The average molecular weight is 228 g/mol. The second-order valence-corrected chi connectivity index (χ2v) is 4.66. The molecule has 0 radical (unpaired) electrons. The molecule has 82 valence electrons. The van der Waals surface area contributed by atoms with Crippen LogP contribution in [0.4, 0.5) is 0 Å². The molecule has 1 aliphatic carbocycles. The molecule has 6 nitrogen and oxygen atoms in total. The van der Waals surface area contributed by atoms with Crippen molar-refractivity contribution in [3.63, 3.8) is 0 Å². The van der Waals surface area contributed by atoms with Crippen LogP contribution in [0.1, 0.15) is 32.2 Å². The number of carboxylic acid groups (broad SMARTS) is 1. The van der Waals surface area contributed by atoms with Gasteiger partial charge in [0, 0.05) is 0 Å². The van der Waals surface area contributed by atoms with Crippen LogP contribution in [-0.4, -0.2) is 36.5 Å². The number of tetrazole rings is 1. The van der Waals surface area contributed by atoms with Gasteiger partial charge in [0.15, 0.2) is 0 Å². The van der Waals surface area contributed by atoms with E-state index in [1.807, 2.05) is 6.92 Å². The fourth-order valence-corrected chi connectivity index (χ4v) is 2.15. The molecule has 0 saturated heterocycles. The third-order valence-corrected chi connectivity index (χ3v) is 3.55. The minimum Gasteiger partial charge on any atom is -0.480 e. The van der Waals surface area contributed by atoms with Crippen molar-refractivity contribution in [1.82, 2.24) is 20.2 Å². The summed E-state index contributed by atoms with van der Waals surface area (Å²) in [4.78, 5) is 10.9. The van der Waals surface area contributed by atoms with Crippen molar-refractivity contribution in [2.45, 2.75) is 42.6 Å². The molecule has 15 heavy (non-hydrogen) atoms. The van der Waals surface area contributed by atoms with Crippen molar-refractivity contribution >= 4 is 17.7 Å². The Hall–Kier alpha value is -1.11. The lowest BCUT2D eigenvalue weighted by Gasteiger charge is -2.08. The largest absolute Gasteiger partial charge is 0.480 e. The van der Waals surface area contributed by atoms with Gasteiger partial charge < -0.3 is 5.11 Å². The normalized spacial score (nSPS) is 17.7. The first-order valence-electron chi connectivity index (χ1n) is 4.89. The van der Waals surface area contributed by atoms with Crippen LogP contribution in [0, 0.1) is 0 Å². The molecule has 1 heterocycles. The van der Waals surface area contributed by atoms with E-state index in [1.165, 1.54) is 11.8 Å². The summed E-state index contributed by atoms with van der Waals surface area (Å²) in [5, 5.41) is 20.4. The molecule has 7 heteroatoms. The number of aliphatic carboxylic acids is 1. The standard InChI is InChI=1S/C8H12N4O2S/c1-2-6(7(13)14)15-8-9-10-11-12(8)5-3-4-5/h5-6H,2-4H2,1H3,(H,13,14). The number of hydrogen-bond donors (Lipinski definition) is 1. The highest BCUT2D eigenvalue weighted by Crippen LogP contribution is 2.37. The molecular formula is C8H12N4O2S. The summed E-state index contributed by atoms with van der Waals surface area (Å²) in [5.41, 5.74) is 0. The Morgan fingerprint density at radius 2 is 2.47 bits per heavy atom. The summed E-state index contributed by atoms with van der Waals surface area (Å²) < 4.78 is 1.73. The van der Waals surface area contributed by atoms with Crippen molar-refractivity contribution < 1.29 is 9.90 Å². The Kier molecular flexibility index (Phi) is 2.90. The molecule has 1 unspecified atom stereocenters. The summed E-state index contributed by atoms with van der Waals surface area (Å²) in [5.74, 6) is -0.812. The minimum atomic E-state index is -0.812. The monoisotopic (exact) mass is 228 g/mol. The lowest BCUT2D eigenvalue weighted by atomic mass is 10.3. The van der Waals surface area contributed by atoms with Gasteiger partial charge in [0.1, 0.15) is 5.25 Å². The predicted octanol–water partition coefficient (Wildman–Crippen LogP) is 0.963. The molecule has 1 aromatic rings. The maximum absolute atomic E-state index is 10.9. The van der Waals surface area contributed by atoms with Crippen LogP contribution in [0.15, 0.2) is 5.16 Å². The first kappa shape index (κ1) is 10.4. The van der Waals surface area contributed by atoms with E-state index in [0.717, 1.165) is 12.8 Å². The zero-order valence-corrected chi connectivity index (χ0v) is 9.15. The van der Waals surface area contributed by atoms with Gasteiger partial charge >= 0.3 is 5.97 Å². The lowest BCUT2D eigenvalue weighted by Crippen LogP contribution is -2.16. The molecule has 1 atom stereocenters. The molecule has 0 spiro atoms. The molecule has 1 fully saturated rings. The second-order valence-electron chi connectivity index (χ2n) is 3.49. The van der Waals surface area contributed by atoms with Gasteiger partial charge in [-0.05, 0) is 29.7 Å². The summed E-state index contributed by atoms with van der Waals surface area (Å²) in [6, 6.07) is 0.383. The number of nitrogens with zero attached hydrogens (tertiary/aromatic N) is 4. The molecule has 0 aliphatic heterocycles. The Bertz CT molecular complexity index is 363. The van der Waals surface area contributed by atoms with Crippen molar-refractivity contribution in [3.8, 4) is 0 Å². The van der Waals surface area contributed by atoms with Crippen LogP contribution < -0.4 is 0 Å². The zero-order chi connectivity index (χ0) is 10.8. The SMILES string of the molecule is CCC(Sc1nnnn1C1CC1)C(=O)O. The van der Waals surface area contributed by atoms with Gasteiger partial charge in [-0.25, -0.2) is 4.68 Å². The molecule has 1 aromatic heterocycles. The Morgan fingerprint density at radius 1 is 1.73 bits per heavy atom. The molecule has 1 saturated carbocycles. The quantitative estimate of drug-likeness (QED) is 0.756. The molecule has 1 aliphatic rings. The van der Waals surface area contributed by atoms with Gasteiger partial charge in [-0.3, -0.25) is 4.79 Å². The van der Waals surface area contributed by atoms with Crippen LogP contribution in [0.5, 0.6) is 0 Å². The van der Waals surface area contributed by atoms with Gasteiger partial charge in [0.05, 0.1) is 6.04 Å². The average Bonchev–Trinajstić information content (AvgIpc) is 2.95. The highest BCUT2D eigenvalue weighted by atomic mass is 32.2. The van der Waals surface area contributed by atoms with E-state index in [9.17, 15) is 4.79 Å². The van der Waals surface area contributed by atoms with Crippen LogP contribution in [0.2, 0.25) is 0 Å². The summed E-state index contributed by atoms with van der Waals surface area (Å²) in [6.07, 6.45) is 2.74. The third kappa shape index (κ3) is 2.28. The Labute approximate surface area is 91.0 Å². The number of carbonyl (C=O) groups is 1. The fourth-order valence-electron chi connectivity index (χ4n) is 1.25. The van der Waals surface area contributed by atoms with Gasteiger partial charge in [0.25, 0.3) is 0 Å². The van der Waals surface area contributed by atoms with Gasteiger partial charge in [-0.1, -0.05) is 18.7 Å².